The summed E-state index contributed by atoms with van der Waals surface area (Å²) in [6.45, 7) is 10.1. The molecule has 0 spiro atoms. The number of carbonyl (C=O) groups excluding carboxylic acids is 2. The van der Waals surface area contributed by atoms with Crippen LogP contribution in [-0.4, -0.2) is 64.4 Å². The Morgan fingerprint density at radius 3 is 2.27 bits per heavy atom. The van der Waals surface area contributed by atoms with E-state index < -0.39 is 0 Å². The number of benzene rings is 2. The second kappa shape index (κ2) is 9.57. The van der Waals surface area contributed by atoms with Crippen LogP contribution in [0.25, 0.3) is 11.0 Å². The van der Waals surface area contributed by atoms with Crippen LogP contribution in [0.5, 0.6) is 5.75 Å². The quantitative estimate of drug-likeness (QED) is 0.612. The Morgan fingerprint density at radius 1 is 0.818 bits per heavy atom. The first-order valence-electron chi connectivity index (χ1n) is 11.3. The van der Waals surface area contributed by atoms with Crippen LogP contribution in [0, 0.1) is 27.7 Å². The van der Waals surface area contributed by atoms with Gasteiger partial charge in [-0.25, -0.2) is 9.97 Å². The van der Waals surface area contributed by atoms with Gasteiger partial charge in [0, 0.05) is 31.7 Å². The molecule has 1 saturated heterocycles. The largest absolute Gasteiger partial charge is 0.484 e. The number of nitrogens with zero attached hydrogens (tertiary/aromatic N) is 4. The van der Waals surface area contributed by atoms with Gasteiger partial charge in [0.05, 0.1) is 22.4 Å². The molecule has 7 heteroatoms. The van der Waals surface area contributed by atoms with Gasteiger partial charge in [0.1, 0.15) is 5.75 Å². The molecule has 2 amide bonds. The van der Waals surface area contributed by atoms with Gasteiger partial charge in [0.2, 0.25) is 0 Å². The molecule has 2 aromatic carbocycles. The molecule has 0 aliphatic carbocycles. The fourth-order valence-electron chi connectivity index (χ4n) is 3.96. The third-order valence-corrected chi connectivity index (χ3v) is 6.30. The number of hydrogen-bond donors (Lipinski definition) is 0. The molecule has 1 aromatic heterocycles. The maximum absolute atomic E-state index is 13.1. The molecule has 4 rings (SSSR count). The second-order valence-corrected chi connectivity index (χ2v) is 8.66. The normalized spacial score (nSPS) is 14.3. The Bertz CT molecular complexity index is 1210. The Hall–Kier alpha value is -3.48. The lowest BCUT2D eigenvalue weighted by molar-refractivity contribution is -0.133. The first-order chi connectivity index (χ1) is 15.8. The highest BCUT2D eigenvalue weighted by Crippen LogP contribution is 2.18. The third-order valence-electron chi connectivity index (χ3n) is 6.30. The van der Waals surface area contributed by atoms with Crippen molar-refractivity contribution in [3.8, 4) is 5.75 Å². The topological polar surface area (TPSA) is 75.6 Å². The molecule has 33 heavy (non-hydrogen) atoms. The van der Waals surface area contributed by atoms with Gasteiger partial charge in [0.25, 0.3) is 11.8 Å². The van der Waals surface area contributed by atoms with Crippen LogP contribution in [0.1, 0.15) is 39.3 Å². The lowest BCUT2D eigenvalue weighted by atomic mass is 10.1. The summed E-state index contributed by atoms with van der Waals surface area (Å²) in [4.78, 5) is 38.6. The number of fused-ring (bicyclic) bond motifs is 1. The molecule has 1 aliphatic rings. The molecule has 1 aliphatic heterocycles. The highest BCUT2D eigenvalue weighted by Gasteiger charge is 2.23. The molecular formula is C26H30N4O3. The minimum Gasteiger partial charge on any atom is -0.484 e. The van der Waals surface area contributed by atoms with Gasteiger partial charge in [0.15, 0.2) is 6.61 Å². The van der Waals surface area contributed by atoms with Crippen molar-refractivity contribution in [1.29, 1.82) is 0 Å². The molecule has 0 radical (unpaired) electrons. The maximum Gasteiger partial charge on any atom is 0.260 e. The predicted molar refractivity (Wildman–Crippen MR) is 128 cm³/mol. The minimum absolute atomic E-state index is 0.00143. The molecule has 0 saturated carbocycles. The van der Waals surface area contributed by atoms with Gasteiger partial charge in [-0.1, -0.05) is 6.07 Å². The number of hydrogen-bond acceptors (Lipinski definition) is 5. The van der Waals surface area contributed by atoms with Crippen LogP contribution < -0.4 is 4.74 Å². The second-order valence-electron chi connectivity index (χ2n) is 8.66. The van der Waals surface area contributed by atoms with Crippen molar-refractivity contribution in [2.45, 2.75) is 34.1 Å². The summed E-state index contributed by atoms with van der Waals surface area (Å²) >= 11 is 0. The Morgan fingerprint density at radius 2 is 1.52 bits per heavy atom. The van der Waals surface area contributed by atoms with E-state index in [-0.39, 0.29) is 18.4 Å². The summed E-state index contributed by atoms with van der Waals surface area (Å²) in [5.74, 6) is 0.592. The monoisotopic (exact) mass is 446 g/mol. The SMILES string of the molecule is Cc1ccc(OCC(=O)N2CCCN(C(=O)c3ccc4nc(C)c(C)nc4c3)CC2)cc1C. The van der Waals surface area contributed by atoms with E-state index in [0.717, 1.165) is 34.4 Å². The summed E-state index contributed by atoms with van der Waals surface area (Å²) in [5, 5.41) is 0. The molecule has 7 nitrogen and oxygen atoms in total. The van der Waals surface area contributed by atoms with Gasteiger partial charge in [-0.15, -0.1) is 0 Å². The van der Waals surface area contributed by atoms with Crippen LogP contribution in [0.2, 0.25) is 0 Å². The molecule has 0 bridgehead atoms. The fraction of sp³-hybridized carbons (Fsp3) is 0.385. The predicted octanol–water partition coefficient (Wildman–Crippen LogP) is 3.62. The van der Waals surface area contributed by atoms with Crippen molar-refractivity contribution in [1.82, 2.24) is 19.8 Å². The van der Waals surface area contributed by atoms with Crippen molar-refractivity contribution >= 4 is 22.8 Å². The number of aryl methyl sites for hydroxylation is 4. The van der Waals surface area contributed by atoms with E-state index in [0.29, 0.717) is 37.5 Å². The lowest BCUT2D eigenvalue weighted by Gasteiger charge is -2.22. The number of rotatable bonds is 4. The van der Waals surface area contributed by atoms with Crippen molar-refractivity contribution in [3.63, 3.8) is 0 Å². The van der Waals surface area contributed by atoms with Crippen molar-refractivity contribution in [2.75, 3.05) is 32.8 Å². The van der Waals surface area contributed by atoms with E-state index in [1.165, 1.54) is 5.56 Å². The van der Waals surface area contributed by atoms with E-state index in [9.17, 15) is 9.59 Å². The first kappa shape index (κ1) is 22.7. The van der Waals surface area contributed by atoms with E-state index in [2.05, 4.69) is 9.97 Å². The number of ether oxygens (including phenoxy) is 1. The minimum atomic E-state index is -0.0608. The molecule has 172 valence electrons. The molecule has 0 unspecified atom stereocenters. The van der Waals surface area contributed by atoms with Gasteiger partial charge >= 0.3 is 0 Å². The van der Waals surface area contributed by atoms with E-state index in [1.54, 1.807) is 11.0 Å². The van der Waals surface area contributed by atoms with Crippen molar-refractivity contribution < 1.29 is 14.3 Å². The highest BCUT2D eigenvalue weighted by atomic mass is 16.5. The van der Waals surface area contributed by atoms with Crippen LogP contribution in [0.3, 0.4) is 0 Å². The highest BCUT2D eigenvalue weighted by molar-refractivity contribution is 5.97. The third kappa shape index (κ3) is 5.13. The fourth-order valence-corrected chi connectivity index (χ4v) is 3.96. The molecule has 2 heterocycles. The molecule has 1 fully saturated rings. The van der Waals surface area contributed by atoms with E-state index in [1.807, 2.05) is 62.9 Å². The summed E-state index contributed by atoms with van der Waals surface area (Å²) in [6, 6.07) is 11.3. The van der Waals surface area contributed by atoms with Crippen LogP contribution in [0.4, 0.5) is 0 Å². The summed E-state index contributed by atoms with van der Waals surface area (Å²) in [5.41, 5.74) is 6.17. The number of aromatic nitrogens is 2. The zero-order valence-electron chi connectivity index (χ0n) is 19.7. The Kier molecular flexibility index (Phi) is 6.58. The molecular weight excluding hydrogens is 416 g/mol. The summed E-state index contributed by atoms with van der Waals surface area (Å²) in [6.07, 6.45) is 0.729. The van der Waals surface area contributed by atoms with E-state index in [4.69, 9.17) is 4.74 Å². The molecule has 3 aromatic rings. The lowest BCUT2D eigenvalue weighted by Crippen LogP contribution is -2.39. The summed E-state index contributed by atoms with van der Waals surface area (Å²) in [7, 11) is 0. The summed E-state index contributed by atoms with van der Waals surface area (Å²) < 4.78 is 5.72. The number of carbonyl (C=O) groups is 2. The zero-order valence-corrected chi connectivity index (χ0v) is 19.7. The molecule has 0 atom stereocenters. The average Bonchev–Trinajstić information content (AvgIpc) is 3.06. The maximum atomic E-state index is 13.1. The molecule has 0 N–H and O–H groups in total. The van der Waals surface area contributed by atoms with Gasteiger partial charge < -0.3 is 14.5 Å². The van der Waals surface area contributed by atoms with Crippen molar-refractivity contribution in [2.24, 2.45) is 0 Å². The standard InChI is InChI=1S/C26H30N4O3/c1-17-6-8-22(14-18(17)2)33-16-25(31)29-10-5-11-30(13-12-29)26(32)21-7-9-23-24(15-21)28-20(4)19(3)27-23/h6-9,14-15H,5,10-13,16H2,1-4H3. The van der Waals surface area contributed by atoms with Crippen LogP contribution in [0.15, 0.2) is 36.4 Å². The van der Waals surface area contributed by atoms with Gasteiger partial charge in [-0.05, 0) is 75.6 Å². The van der Waals surface area contributed by atoms with Gasteiger partial charge in [-0.2, -0.15) is 0 Å². The smallest absolute Gasteiger partial charge is 0.260 e. The first-order valence-corrected chi connectivity index (χ1v) is 11.3. The average molecular weight is 447 g/mol. The Balaban J connectivity index is 1.37. The Labute approximate surface area is 194 Å². The number of amides is 2. The van der Waals surface area contributed by atoms with Gasteiger partial charge in [-0.3, -0.25) is 9.59 Å². The van der Waals surface area contributed by atoms with Crippen LogP contribution in [-0.2, 0) is 4.79 Å². The van der Waals surface area contributed by atoms with E-state index >= 15 is 0 Å². The van der Waals surface area contributed by atoms with Crippen molar-refractivity contribution in [3.05, 3.63) is 64.5 Å². The van der Waals surface area contributed by atoms with Crippen LogP contribution >= 0.6 is 0 Å². The zero-order chi connectivity index (χ0) is 23.5.